The zero-order valence-electron chi connectivity index (χ0n) is 11.3. The van der Waals surface area contributed by atoms with Crippen LogP contribution in [0.3, 0.4) is 0 Å². The van der Waals surface area contributed by atoms with Crippen LogP contribution in [-0.2, 0) is 16.1 Å². The van der Waals surface area contributed by atoms with E-state index in [2.05, 4.69) is 36.3 Å². The first kappa shape index (κ1) is 14.9. The number of esters is 1. The largest absolute Gasteiger partial charge is 0.463 e. The average molecular weight is 267 g/mol. The van der Waals surface area contributed by atoms with Gasteiger partial charge in [0.15, 0.2) is 0 Å². The maximum atomic E-state index is 11.2. The summed E-state index contributed by atoms with van der Waals surface area (Å²) in [5.41, 5.74) is 0. The Morgan fingerprint density at radius 2 is 2.33 bits per heavy atom. The minimum absolute atomic E-state index is 0.266. The van der Waals surface area contributed by atoms with E-state index >= 15 is 0 Å². The number of ether oxygens (including phenoxy) is 1. The van der Waals surface area contributed by atoms with Crippen molar-refractivity contribution < 1.29 is 9.53 Å². The molecule has 3 nitrogen and oxygen atoms in total. The molecule has 1 aromatic rings. The van der Waals surface area contributed by atoms with Gasteiger partial charge in [0.05, 0.1) is 6.61 Å². The summed E-state index contributed by atoms with van der Waals surface area (Å²) in [5, 5.41) is 2.09. The summed E-state index contributed by atoms with van der Waals surface area (Å²) in [4.78, 5) is 14.8. The van der Waals surface area contributed by atoms with E-state index in [1.165, 1.54) is 11.0 Å². The molecule has 0 aliphatic heterocycles. The van der Waals surface area contributed by atoms with E-state index in [1.54, 1.807) is 11.3 Å². The molecule has 0 spiro atoms. The number of rotatable bonds is 7. The molecule has 1 rings (SSSR count). The van der Waals surface area contributed by atoms with Crippen molar-refractivity contribution in [3.8, 4) is 0 Å². The topological polar surface area (TPSA) is 29.5 Å². The molecule has 1 aromatic heterocycles. The zero-order valence-corrected chi connectivity index (χ0v) is 12.1. The quantitative estimate of drug-likeness (QED) is 0.561. The second-order valence-electron chi connectivity index (χ2n) is 4.26. The van der Waals surface area contributed by atoms with E-state index in [4.69, 9.17) is 4.74 Å². The Morgan fingerprint density at radius 1 is 1.56 bits per heavy atom. The molecule has 100 valence electrons. The van der Waals surface area contributed by atoms with Crippen molar-refractivity contribution in [1.29, 1.82) is 0 Å². The lowest BCUT2D eigenvalue weighted by Crippen LogP contribution is -2.30. The first-order valence-electron chi connectivity index (χ1n) is 6.23. The van der Waals surface area contributed by atoms with Crippen molar-refractivity contribution in [3.05, 3.63) is 34.5 Å². The molecule has 0 N–H and O–H groups in total. The molecular formula is C14H21NO2S. The van der Waals surface area contributed by atoms with Crippen LogP contribution in [0, 0.1) is 0 Å². The molecule has 0 radical (unpaired) electrons. The van der Waals surface area contributed by atoms with E-state index in [0.29, 0.717) is 12.6 Å². The van der Waals surface area contributed by atoms with E-state index in [-0.39, 0.29) is 5.97 Å². The summed E-state index contributed by atoms with van der Waals surface area (Å²) < 4.78 is 4.85. The monoisotopic (exact) mass is 267 g/mol. The van der Waals surface area contributed by atoms with Crippen molar-refractivity contribution in [2.45, 2.75) is 33.4 Å². The fourth-order valence-corrected chi connectivity index (χ4v) is 2.26. The minimum atomic E-state index is -0.266. The Kier molecular flexibility index (Phi) is 6.68. The Hall–Kier alpha value is -1.13. The van der Waals surface area contributed by atoms with Gasteiger partial charge >= 0.3 is 5.97 Å². The van der Waals surface area contributed by atoms with Crippen LogP contribution in [0.4, 0.5) is 0 Å². The van der Waals surface area contributed by atoms with Crippen molar-refractivity contribution >= 4 is 17.3 Å². The molecule has 0 saturated carbocycles. The van der Waals surface area contributed by atoms with Gasteiger partial charge in [-0.15, -0.1) is 11.3 Å². The number of hydrogen-bond acceptors (Lipinski definition) is 4. The second-order valence-corrected chi connectivity index (χ2v) is 5.29. The predicted molar refractivity (Wildman–Crippen MR) is 75.6 cm³/mol. The molecule has 0 aliphatic carbocycles. The van der Waals surface area contributed by atoms with Gasteiger partial charge in [-0.05, 0) is 32.2 Å². The molecule has 0 fully saturated rings. The van der Waals surface area contributed by atoms with Gasteiger partial charge < -0.3 is 4.74 Å². The highest BCUT2D eigenvalue weighted by atomic mass is 32.1. The van der Waals surface area contributed by atoms with Crippen molar-refractivity contribution in [3.63, 3.8) is 0 Å². The molecule has 1 heterocycles. The van der Waals surface area contributed by atoms with Gasteiger partial charge in [-0.2, -0.15) is 0 Å². The van der Waals surface area contributed by atoms with Crippen LogP contribution < -0.4 is 0 Å². The second kappa shape index (κ2) is 8.06. The molecule has 0 saturated heterocycles. The minimum Gasteiger partial charge on any atom is -0.463 e. The smallest absolute Gasteiger partial charge is 0.330 e. The molecule has 0 aromatic carbocycles. The Morgan fingerprint density at radius 3 is 2.89 bits per heavy atom. The molecule has 0 aliphatic rings. The van der Waals surface area contributed by atoms with Crippen LogP contribution in [0.25, 0.3) is 0 Å². The van der Waals surface area contributed by atoms with E-state index in [1.807, 2.05) is 13.0 Å². The van der Waals surface area contributed by atoms with Gasteiger partial charge in [0.25, 0.3) is 0 Å². The third-order valence-corrected chi connectivity index (χ3v) is 3.41. The third kappa shape index (κ3) is 5.47. The van der Waals surface area contributed by atoms with Gasteiger partial charge in [-0.25, -0.2) is 4.79 Å². The number of carbonyl (C=O) groups is 1. The zero-order chi connectivity index (χ0) is 13.4. The van der Waals surface area contributed by atoms with Crippen LogP contribution >= 0.6 is 11.3 Å². The predicted octanol–water partition coefficient (Wildman–Crippen LogP) is 3.08. The third-order valence-electron chi connectivity index (χ3n) is 2.55. The Bertz CT molecular complexity index is 371. The van der Waals surface area contributed by atoms with Crippen LogP contribution in [0.5, 0.6) is 0 Å². The highest BCUT2D eigenvalue weighted by molar-refractivity contribution is 7.09. The highest BCUT2D eigenvalue weighted by Gasteiger charge is 2.09. The maximum absolute atomic E-state index is 11.2. The van der Waals surface area contributed by atoms with Gasteiger partial charge in [0, 0.05) is 30.1 Å². The number of thiophene rings is 1. The van der Waals surface area contributed by atoms with Gasteiger partial charge in [0.1, 0.15) is 0 Å². The normalized spacial score (nSPS) is 11.6. The van der Waals surface area contributed by atoms with Crippen molar-refractivity contribution in [2.24, 2.45) is 0 Å². The lowest BCUT2D eigenvalue weighted by atomic mass is 10.3. The van der Waals surface area contributed by atoms with E-state index in [0.717, 1.165) is 13.1 Å². The summed E-state index contributed by atoms with van der Waals surface area (Å²) >= 11 is 1.76. The van der Waals surface area contributed by atoms with Crippen LogP contribution in [-0.4, -0.2) is 30.1 Å². The average Bonchev–Trinajstić information content (AvgIpc) is 2.80. The van der Waals surface area contributed by atoms with Gasteiger partial charge in [-0.1, -0.05) is 12.1 Å². The fourth-order valence-electron chi connectivity index (χ4n) is 1.54. The van der Waals surface area contributed by atoms with Gasteiger partial charge in [0.2, 0.25) is 0 Å². The van der Waals surface area contributed by atoms with Crippen LogP contribution in [0.15, 0.2) is 29.7 Å². The van der Waals surface area contributed by atoms with Crippen LogP contribution in [0.2, 0.25) is 0 Å². The number of hydrogen-bond donors (Lipinski definition) is 0. The summed E-state index contributed by atoms with van der Waals surface area (Å²) in [7, 11) is 0. The summed E-state index contributed by atoms with van der Waals surface area (Å²) in [6, 6.07) is 4.64. The lowest BCUT2D eigenvalue weighted by Gasteiger charge is -2.24. The maximum Gasteiger partial charge on any atom is 0.330 e. The lowest BCUT2D eigenvalue weighted by molar-refractivity contribution is -0.137. The SMILES string of the molecule is CCOC(=O)/C=C/CN(Cc1cccs1)C(C)C. The van der Waals surface area contributed by atoms with Gasteiger partial charge in [-0.3, -0.25) is 4.90 Å². The summed E-state index contributed by atoms with van der Waals surface area (Å²) in [6.45, 7) is 8.23. The Balaban J connectivity index is 2.46. The van der Waals surface area contributed by atoms with Crippen molar-refractivity contribution in [2.75, 3.05) is 13.2 Å². The molecule has 4 heteroatoms. The molecule has 0 amide bonds. The first-order chi connectivity index (χ1) is 8.63. The Labute approximate surface area is 113 Å². The molecule has 0 atom stereocenters. The van der Waals surface area contributed by atoms with Crippen molar-refractivity contribution in [1.82, 2.24) is 4.90 Å². The molecule has 18 heavy (non-hydrogen) atoms. The summed E-state index contributed by atoms with van der Waals surface area (Å²) in [6.07, 6.45) is 3.37. The molecular weight excluding hydrogens is 246 g/mol. The standard InChI is InChI=1S/C14H21NO2S/c1-4-17-14(16)8-5-9-15(12(2)3)11-13-7-6-10-18-13/h5-8,10,12H,4,9,11H2,1-3H3/b8-5+. The molecule has 0 unspecified atom stereocenters. The highest BCUT2D eigenvalue weighted by Crippen LogP contribution is 2.13. The van der Waals surface area contributed by atoms with E-state index in [9.17, 15) is 4.79 Å². The molecule has 0 bridgehead atoms. The first-order valence-corrected chi connectivity index (χ1v) is 7.11. The number of nitrogens with zero attached hydrogens (tertiary/aromatic N) is 1. The van der Waals surface area contributed by atoms with Crippen LogP contribution in [0.1, 0.15) is 25.6 Å². The summed E-state index contributed by atoms with van der Waals surface area (Å²) in [5.74, 6) is -0.266. The van der Waals surface area contributed by atoms with E-state index < -0.39 is 0 Å². The number of carbonyl (C=O) groups excluding carboxylic acids is 1. The fraction of sp³-hybridized carbons (Fsp3) is 0.500.